The van der Waals surface area contributed by atoms with E-state index in [0.717, 1.165) is 24.0 Å². The van der Waals surface area contributed by atoms with Crippen LogP contribution in [0.2, 0.25) is 0 Å². The van der Waals surface area contributed by atoms with Crippen LogP contribution in [0.25, 0.3) is 0 Å². The third-order valence-corrected chi connectivity index (χ3v) is 4.42. The molecule has 2 aromatic rings. The molecular weight excluding hydrogens is 338 g/mol. The summed E-state index contributed by atoms with van der Waals surface area (Å²) in [7, 11) is 0. The van der Waals surface area contributed by atoms with E-state index in [4.69, 9.17) is 0 Å². The molecule has 5 nitrogen and oxygen atoms in total. The van der Waals surface area contributed by atoms with Gasteiger partial charge in [0.25, 0.3) is 0 Å². The summed E-state index contributed by atoms with van der Waals surface area (Å²) in [5.74, 6) is -0.353. The number of carbonyl (C=O) groups is 2. The van der Waals surface area contributed by atoms with Crippen LogP contribution in [-0.2, 0) is 9.59 Å². The molecule has 2 amide bonds. The van der Waals surface area contributed by atoms with Gasteiger partial charge in [0.1, 0.15) is 6.04 Å². The zero-order valence-electron chi connectivity index (χ0n) is 16.3. The molecule has 0 aliphatic carbocycles. The van der Waals surface area contributed by atoms with E-state index in [1.165, 1.54) is 12.5 Å². The average Bonchev–Trinajstić information content (AvgIpc) is 2.67. The second kappa shape index (κ2) is 10.5. The number of aryl methyl sites for hydroxylation is 1. The van der Waals surface area contributed by atoms with Crippen LogP contribution in [0, 0.1) is 6.92 Å². The molecule has 0 heterocycles. The predicted molar refractivity (Wildman–Crippen MR) is 108 cm³/mol. The van der Waals surface area contributed by atoms with Gasteiger partial charge in [0.15, 0.2) is 0 Å². The second-order valence-corrected chi connectivity index (χ2v) is 6.78. The number of benzene rings is 2. The van der Waals surface area contributed by atoms with Crippen molar-refractivity contribution in [1.29, 1.82) is 0 Å². The van der Waals surface area contributed by atoms with Crippen molar-refractivity contribution >= 4 is 11.8 Å². The first-order chi connectivity index (χ1) is 13.0. The molecule has 0 saturated heterocycles. The van der Waals surface area contributed by atoms with E-state index in [9.17, 15) is 9.59 Å². The van der Waals surface area contributed by atoms with E-state index >= 15 is 0 Å². The first-order valence-corrected chi connectivity index (χ1v) is 9.45. The number of amides is 2. The van der Waals surface area contributed by atoms with Crippen LogP contribution in [-0.4, -0.2) is 17.9 Å². The lowest BCUT2D eigenvalue weighted by molar-refractivity contribution is -0.125. The molecule has 0 aromatic heterocycles. The van der Waals surface area contributed by atoms with Crippen molar-refractivity contribution in [3.8, 4) is 0 Å². The molecule has 0 aliphatic heterocycles. The van der Waals surface area contributed by atoms with Crippen LogP contribution in [0.5, 0.6) is 0 Å². The zero-order chi connectivity index (χ0) is 19.6. The Morgan fingerprint density at radius 1 is 0.963 bits per heavy atom. The third-order valence-electron chi connectivity index (χ3n) is 4.42. The number of nitrogens with one attached hydrogen (secondary N) is 3. The van der Waals surface area contributed by atoms with Crippen molar-refractivity contribution in [2.75, 3.05) is 0 Å². The highest BCUT2D eigenvalue weighted by atomic mass is 16.2. The zero-order valence-corrected chi connectivity index (χ0v) is 16.3. The quantitative estimate of drug-likeness (QED) is 0.595. The Morgan fingerprint density at radius 2 is 1.59 bits per heavy atom. The van der Waals surface area contributed by atoms with Crippen molar-refractivity contribution in [2.24, 2.45) is 0 Å². The summed E-state index contributed by atoms with van der Waals surface area (Å²) in [6.07, 6.45) is 2.52. The Hall–Kier alpha value is -2.66. The summed E-state index contributed by atoms with van der Waals surface area (Å²) in [5.41, 5.74) is 8.62. The Balaban J connectivity index is 2.22. The molecule has 0 spiro atoms. The highest BCUT2D eigenvalue weighted by molar-refractivity contribution is 5.83. The predicted octanol–water partition coefficient (Wildman–Crippen LogP) is 3.40. The van der Waals surface area contributed by atoms with E-state index in [1.54, 1.807) is 0 Å². The summed E-state index contributed by atoms with van der Waals surface area (Å²) < 4.78 is 0. The molecule has 2 atom stereocenters. The maximum absolute atomic E-state index is 13.0. The van der Waals surface area contributed by atoms with E-state index < -0.39 is 6.04 Å². The number of hydrogen-bond donors (Lipinski definition) is 3. The standard InChI is InChI=1S/C22H29N3O2/c1-4-5-11-20(25-24-17(3)26)22(27)23-21(18-9-7-6-8-10-18)19-14-12-16(2)13-15-19/h6-10,12-15,20-21,25H,4-5,11H2,1-3H3,(H,23,27)(H,24,26)/t20-,21?/m0/s1. The molecule has 0 aliphatic rings. The third kappa shape index (κ3) is 6.53. The maximum atomic E-state index is 13.0. The van der Waals surface area contributed by atoms with Gasteiger partial charge in [-0.1, -0.05) is 79.9 Å². The van der Waals surface area contributed by atoms with Crippen LogP contribution in [0.1, 0.15) is 55.8 Å². The largest absolute Gasteiger partial charge is 0.344 e. The lowest BCUT2D eigenvalue weighted by atomic mass is 9.97. The summed E-state index contributed by atoms with van der Waals surface area (Å²) in [6.45, 7) is 5.53. The molecule has 144 valence electrons. The van der Waals surface area contributed by atoms with Crippen molar-refractivity contribution < 1.29 is 9.59 Å². The Labute approximate surface area is 161 Å². The van der Waals surface area contributed by atoms with Crippen LogP contribution in [0.3, 0.4) is 0 Å². The first kappa shape index (κ1) is 20.6. The molecule has 1 unspecified atom stereocenters. The fourth-order valence-electron chi connectivity index (χ4n) is 2.87. The van der Waals surface area contributed by atoms with Gasteiger partial charge in [-0.25, -0.2) is 5.43 Å². The molecule has 5 heteroatoms. The van der Waals surface area contributed by atoms with Crippen molar-refractivity contribution in [2.45, 2.75) is 52.1 Å². The number of unbranched alkanes of at least 4 members (excludes halogenated alkanes) is 1. The number of rotatable bonds is 9. The van der Waals surface area contributed by atoms with Gasteiger partial charge >= 0.3 is 0 Å². The summed E-state index contributed by atoms with van der Waals surface area (Å²) in [4.78, 5) is 24.2. The number of hydrazine groups is 1. The minimum Gasteiger partial charge on any atom is -0.344 e. The van der Waals surface area contributed by atoms with Crippen molar-refractivity contribution in [3.63, 3.8) is 0 Å². The van der Waals surface area contributed by atoms with Gasteiger partial charge in [0.2, 0.25) is 11.8 Å². The minimum atomic E-state index is -0.481. The highest BCUT2D eigenvalue weighted by Gasteiger charge is 2.23. The van der Waals surface area contributed by atoms with Gasteiger partial charge in [0, 0.05) is 6.92 Å². The van der Waals surface area contributed by atoms with Gasteiger partial charge in [-0.2, -0.15) is 0 Å². The van der Waals surface area contributed by atoms with Gasteiger partial charge in [-0.15, -0.1) is 0 Å². The molecule has 0 bridgehead atoms. The van der Waals surface area contributed by atoms with Gasteiger partial charge in [0.05, 0.1) is 6.04 Å². The Kier molecular flexibility index (Phi) is 8.01. The van der Waals surface area contributed by atoms with Crippen molar-refractivity contribution in [3.05, 3.63) is 71.3 Å². The van der Waals surface area contributed by atoms with Gasteiger partial charge in [-0.05, 0) is 24.5 Å². The smallest absolute Gasteiger partial charge is 0.239 e. The fraction of sp³-hybridized carbons (Fsp3) is 0.364. The minimum absolute atomic E-state index is 0.133. The summed E-state index contributed by atoms with van der Waals surface area (Å²) >= 11 is 0. The second-order valence-electron chi connectivity index (χ2n) is 6.78. The molecule has 27 heavy (non-hydrogen) atoms. The van der Waals surface area contributed by atoms with E-state index in [2.05, 4.69) is 23.1 Å². The van der Waals surface area contributed by atoms with Gasteiger partial charge < -0.3 is 5.32 Å². The summed E-state index contributed by atoms with van der Waals surface area (Å²) in [6, 6.07) is 17.3. The normalized spacial score (nSPS) is 12.9. The Bertz CT molecular complexity index is 729. The van der Waals surface area contributed by atoms with Gasteiger partial charge in [-0.3, -0.25) is 15.0 Å². The lowest BCUT2D eigenvalue weighted by Crippen LogP contribution is -2.52. The van der Waals surface area contributed by atoms with Crippen LogP contribution >= 0.6 is 0 Å². The molecule has 0 saturated carbocycles. The maximum Gasteiger partial charge on any atom is 0.239 e. The number of hydrogen-bond acceptors (Lipinski definition) is 3. The molecular formula is C22H29N3O2. The highest BCUT2D eigenvalue weighted by Crippen LogP contribution is 2.22. The summed E-state index contributed by atoms with van der Waals surface area (Å²) in [5, 5.41) is 3.15. The first-order valence-electron chi connectivity index (χ1n) is 9.45. The molecule has 2 rings (SSSR count). The molecule has 2 aromatic carbocycles. The fourth-order valence-corrected chi connectivity index (χ4v) is 2.87. The average molecular weight is 367 g/mol. The monoisotopic (exact) mass is 367 g/mol. The molecule has 0 fully saturated rings. The van der Waals surface area contributed by atoms with Crippen molar-refractivity contribution in [1.82, 2.24) is 16.2 Å². The van der Waals surface area contributed by atoms with Crippen LogP contribution in [0.15, 0.2) is 54.6 Å². The molecule has 0 radical (unpaired) electrons. The van der Waals surface area contributed by atoms with E-state index in [0.29, 0.717) is 6.42 Å². The van der Waals surface area contributed by atoms with E-state index in [-0.39, 0.29) is 17.9 Å². The lowest BCUT2D eigenvalue weighted by Gasteiger charge is -2.24. The Morgan fingerprint density at radius 3 is 2.19 bits per heavy atom. The topological polar surface area (TPSA) is 70.2 Å². The van der Waals surface area contributed by atoms with E-state index in [1.807, 2.05) is 61.5 Å². The molecule has 3 N–H and O–H groups in total. The SMILES string of the molecule is CCCC[C@H](NNC(C)=O)C(=O)NC(c1ccccc1)c1ccc(C)cc1. The van der Waals surface area contributed by atoms with Crippen LogP contribution < -0.4 is 16.2 Å². The number of carbonyl (C=O) groups excluding carboxylic acids is 2. The van der Waals surface area contributed by atoms with Crippen LogP contribution in [0.4, 0.5) is 0 Å².